The zero-order chi connectivity index (χ0) is 13.7. The number of hydrogen-bond donors (Lipinski definition) is 2. The van der Waals surface area contributed by atoms with Gasteiger partial charge in [0, 0.05) is 38.4 Å². The highest BCUT2D eigenvalue weighted by molar-refractivity contribution is 7.17. The van der Waals surface area contributed by atoms with Crippen molar-refractivity contribution in [3.8, 4) is 0 Å². The van der Waals surface area contributed by atoms with E-state index in [1.807, 2.05) is 0 Å². The van der Waals surface area contributed by atoms with E-state index in [4.69, 9.17) is 0 Å². The van der Waals surface area contributed by atoms with Crippen molar-refractivity contribution in [2.24, 2.45) is 0 Å². The predicted octanol–water partition coefficient (Wildman–Crippen LogP) is 2.26. The Morgan fingerprint density at radius 1 is 1.26 bits per heavy atom. The van der Waals surface area contributed by atoms with E-state index in [1.165, 1.54) is 20.5 Å². The maximum Gasteiger partial charge on any atom is 0.316 e. The van der Waals surface area contributed by atoms with Gasteiger partial charge < -0.3 is 15.5 Å². The average molecular weight is 277 g/mol. The van der Waals surface area contributed by atoms with Crippen LogP contribution in [0.2, 0.25) is 0 Å². The minimum atomic E-state index is -0.0530. The Morgan fingerprint density at radius 3 is 2.84 bits per heavy atom. The highest BCUT2D eigenvalue weighted by Gasteiger charge is 2.03. The zero-order valence-corrected chi connectivity index (χ0v) is 12.1. The molecular formula is C14H19N3OS. The van der Waals surface area contributed by atoms with Crippen molar-refractivity contribution in [2.75, 3.05) is 27.2 Å². The van der Waals surface area contributed by atoms with Crippen LogP contribution in [0.25, 0.3) is 10.1 Å². The smallest absolute Gasteiger partial charge is 0.316 e. The average Bonchev–Trinajstić information content (AvgIpc) is 2.81. The lowest BCUT2D eigenvalue weighted by Crippen LogP contribution is -2.38. The maximum absolute atomic E-state index is 11.3. The van der Waals surface area contributed by atoms with Gasteiger partial charge in [-0.2, -0.15) is 0 Å². The molecule has 5 heteroatoms. The van der Waals surface area contributed by atoms with Crippen LogP contribution in [0.1, 0.15) is 5.56 Å². The number of hydrogen-bond acceptors (Lipinski definition) is 3. The van der Waals surface area contributed by atoms with Gasteiger partial charge in [0.15, 0.2) is 0 Å². The Morgan fingerprint density at radius 2 is 2.05 bits per heavy atom. The van der Waals surface area contributed by atoms with Gasteiger partial charge in [0.1, 0.15) is 0 Å². The van der Waals surface area contributed by atoms with Crippen molar-refractivity contribution < 1.29 is 4.79 Å². The topological polar surface area (TPSA) is 44.4 Å². The molecule has 1 aromatic carbocycles. The lowest BCUT2D eigenvalue weighted by Gasteiger charge is -2.12. The molecular weight excluding hydrogens is 258 g/mol. The summed E-state index contributed by atoms with van der Waals surface area (Å²) >= 11 is 1.77. The van der Waals surface area contributed by atoms with Crippen LogP contribution in [0.3, 0.4) is 0 Å². The quantitative estimate of drug-likeness (QED) is 0.823. The third-order valence-electron chi connectivity index (χ3n) is 2.86. The fourth-order valence-corrected chi connectivity index (χ4v) is 2.77. The first-order valence-electron chi connectivity index (χ1n) is 6.29. The number of amides is 2. The summed E-state index contributed by atoms with van der Waals surface area (Å²) < 4.78 is 1.32. The Kier molecular flexibility index (Phi) is 4.76. The van der Waals surface area contributed by atoms with Crippen molar-refractivity contribution in [1.82, 2.24) is 15.5 Å². The molecule has 1 aromatic heterocycles. The molecule has 2 amide bonds. The van der Waals surface area contributed by atoms with Crippen LogP contribution in [-0.4, -0.2) is 38.1 Å². The number of benzene rings is 1. The fraction of sp³-hybridized carbons (Fsp3) is 0.357. The van der Waals surface area contributed by atoms with Gasteiger partial charge in [0.25, 0.3) is 0 Å². The molecule has 0 aliphatic carbocycles. The highest BCUT2D eigenvalue weighted by atomic mass is 32.1. The number of thiophene rings is 1. The van der Waals surface area contributed by atoms with Crippen molar-refractivity contribution in [2.45, 2.75) is 6.54 Å². The van der Waals surface area contributed by atoms with Crippen LogP contribution in [-0.2, 0) is 6.54 Å². The van der Waals surface area contributed by atoms with E-state index < -0.39 is 0 Å². The van der Waals surface area contributed by atoms with Crippen LogP contribution in [0, 0.1) is 0 Å². The summed E-state index contributed by atoms with van der Waals surface area (Å²) in [5.74, 6) is 0. The first-order valence-corrected chi connectivity index (χ1v) is 7.17. The SMILES string of the molecule is CN(C)C(=O)NCCNCc1csc2ccccc12. The number of carbonyl (C=O) groups is 1. The van der Waals surface area contributed by atoms with Crippen molar-refractivity contribution >= 4 is 27.5 Å². The molecule has 0 fully saturated rings. The standard InChI is InChI=1S/C14H19N3OS/c1-17(2)14(18)16-8-7-15-9-11-10-19-13-6-4-3-5-12(11)13/h3-6,10,15H,7-9H2,1-2H3,(H,16,18). The minimum absolute atomic E-state index is 0.0530. The molecule has 2 rings (SSSR count). The molecule has 0 aliphatic rings. The first kappa shape index (κ1) is 13.8. The van der Waals surface area contributed by atoms with Gasteiger partial charge in [-0.3, -0.25) is 0 Å². The molecule has 102 valence electrons. The number of rotatable bonds is 5. The zero-order valence-electron chi connectivity index (χ0n) is 11.3. The molecule has 0 bridgehead atoms. The molecule has 0 unspecified atom stereocenters. The second-order valence-corrected chi connectivity index (χ2v) is 5.47. The minimum Gasteiger partial charge on any atom is -0.337 e. The van der Waals surface area contributed by atoms with E-state index in [0.29, 0.717) is 6.54 Å². The van der Waals surface area contributed by atoms with Crippen LogP contribution < -0.4 is 10.6 Å². The molecule has 2 aromatic rings. The summed E-state index contributed by atoms with van der Waals surface area (Å²) in [6, 6.07) is 8.36. The third-order valence-corrected chi connectivity index (χ3v) is 3.87. The molecule has 0 atom stereocenters. The number of carbonyl (C=O) groups excluding carboxylic acids is 1. The highest BCUT2D eigenvalue weighted by Crippen LogP contribution is 2.25. The molecule has 1 heterocycles. The van der Waals surface area contributed by atoms with Gasteiger partial charge in [0.05, 0.1) is 0 Å². The Bertz CT molecular complexity index is 550. The molecule has 0 spiro atoms. The maximum atomic E-state index is 11.3. The third kappa shape index (κ3) is 3.68. The van der Waals surface area contributed by atoms with Gasteiger partial charge in [-0.25, -0.2) is 4.79 Å². The Labute approximate surface area is 117 Å². The van der Waals surface area contributed by atoms with Gasteiger partial charge in [0.2, 0.25) is 0 Å². The lowest BCUT2D eigenvalue weighted by molar-refractivity contribution is 0.217. The Hall–Kier alpha value is -1.59. The van der Waals surface area contributed by atoms with Crippen LogP contribution in [0.15, 0.2) is 29.6 Å². The van der Waals surface area contributed by atoms with E-state index in [2.05, 4.69) is 40.3 Å². The van der Waals surface area contributed by atoms with Gasteiger partial charge in [-0.1, -0.05) is 18.2 Å². The van der Waals surface area contributed by atoms with Gasteiger partial charge >= 0.3 is 6.03 Å². The fourth-order valence-electron chi connectivity index (χ4n) is 1.81. The van der Waals surface area contributed by atoms with Crippen molar-refractivity contribution in [1.29, 1.82) is 0 Å². The summed E-state index contributed by atoms with van der Waals surface area (Å²) in [7, 11) is 3.47. The van der Waals surface area contributed by atoms with E-state index in [-0.39, 0.29) is 6.03 Å². The largest absolute Gasteiger partial charge is 0.337 e. The van der Waals surface area contributed by atoms with Crippen LogP contribution in [0.5, 0.6) is 0 Å². The molecule has 4 nitrogen and oxygen atoms in total. The van der Waals surface area contributed by atoms with Gasteiger partial charge in [-0.05, 0) is 22.4 Å². The number of nitrogens with zero attached hydrogens (tertiary/aromatic N) is 1. The molecule has 0 saturated carbocycles. The second-order valence-electron chi connectivity index (χ2n) is 4.56. The summed E-state index contributed by atoms with van der Waals surface area (Å²) in [6.45, 7) is 2.24. The van der Waals surface area contributed by atoms with E-state index >= 15 is 0 Å². The monoisotopic (exact) mass is 277 g/mol. The number of urea groups is 1. The van der Waals surface area contributed by atoms with Crippen molar-refractivity contribution in [3.63, 3.8) is 0 Å². The summed E-state index contributed by atoms with van der Waals surface area (Å²) in [6.07, 6.45) is 0. The molecule has 19 heavy (non-hydrogen) atoms. The summed E-state index contributed by atoms with van der Waals surface area (Å²) in [4.78, 5) is 12.8. The van der Waals surface area contributed by atoms with Gasteiger partial charge in [-0.15, -0.1) is 11.3 Å². The van der Waals surface area contributed by atoms with E-state index in [0.717, 1.165) is 13.1 Å². The molecule has 0 saturated heterocycles. The number of nitrogens with one attached hydrogen (secondary N) is 2. The summed E-state index contributed by atoms with van der Waals surface area (Å²) in [5, 5.41) is 9.68. The summed E-state index contributed by atoms with van der Waals surface area (Å²) in [5.41, 5.74) is 1.32. The predicted molar refractivity (Wildman–Crippen MR) is 80.6 cm³/mol. The molecule has 0 radical (unpaired) electrons. The molecule has 2 N–H and O–H groups in total. The lowest BCUT2D eigenvalue weighted by atomic mass is 10.2. The number of fused-ring (bicyclic) bond motifs is 1. The van der Waals surface area contributed by atoms with Crippen LogP contribution in [0.4, 0.5) is 4.79 Å². The Balaban J connectivity index is 1.76. The second kappa shape index (κ2) is 6.54. The van der Waals surface area contributed by atoms with Crippen molar-refractivity contribution in [3.05, 3.63) is 35.2 Å². The normalized spacial score (nSPS) is 10.6. The first-order chi connectivity index (χ1) is 9.18. The van der Waals surface area contributed by atoms with Crippen LogP contribution >= 0.6 is 11.3 Å². The van der Waals surface area contributed by atoms with E-state index in [9.17, 15) is 4.79 Å². The van der Waals surface area contributed by atoms with E-state index in [1.54, 1.807) is 25.4 Å². The molecule has 0 aliphatic heterocycles.